The standard InChI is InChI=1S/C21H30N4OS/c1-23-20(22-25(21(23)27)16-24-13-5-6-14-24)15-26-19-11-9-18(10-12-19)17-7-3-2-4-8-17/h9-12,17H,2-8,13-16H2,1H3/p+1. The summed E-state index contributed by atoms with van der Waals surface area (Å²) in [6.45, 7) is 3.75. The Morgan fingerprint density at radius 2 is 1.78 bits per heavy atom. The van der Waals surface area contributed by atoms with E-state index in [2.05, 4.69) is 24.3 Å². The van der Waals surface area contributed by atoms with Crippen molar-refractivity contribution in [2.45, 2.75) is 64.1 Å². The molecule has 1 aliphatic heterocycles. The zero-order chi connectivity index (χ0) is 18.6. The molecule has 27 heavy (non-hydrogen) atoms. The van der Waals surface area contributed by atoms with Crippen molar-refractivity contribution in [3.05, 3.63) is 40.4 Å². The highest BCUT2D eigenvalue weighted by molar-refractivity contribution is 7.71. The minimum Gasteiger partial charge on any atom is -0.486 e. The third-order valence-corrected chi connectivity index (χ3v) is 6.62. The molecule has 1 aliphatic carbocycles. The van der Waals surface area contributed by atoms with Gasteiger partial charge in [0, 0.05) is 19.9 Å². The Bertz CT molecular complexity index is 799. The van der Waals surface area contributed by atoms with Crippen LogP contribution in [0.1, 0.15) is 62.3 Å². The van der Waals surface area contributed by atoms with Gasteiger partial charge in [-0.15, -0.1) is 5.10 Å². The van der Waals surface area contributed by atoms with Gasteiger partial charge < -0.3 is 14.2 Å². The lowest BCUT2D eigenvalue weighted by molar-refractivity contribution is -0.911. The minimum absolute atomic E-state index is 0.450. The third-order valence-electron chi connectivity index (χ3n) is 6.14. The van der Waals surface area contributed by atoms with Crippen LogP contribution >= 0.6 is 12.2 Å². The number of benzene rings is 1. The lowest BCUT2D eigenvalue weighted by Gasteiger charge is -2.22. The average Bonchev–Trinajstić information content (AvgIpc) is 3.32. The molecule has 4 rings (SSSR count). The molecule has 146 valence electrons. The SMILES string of the molecule is Cn1c(COc2ccc(C3CCCCC3)cc2)nn(C[NH+]2CCCC2)c1=S. The lowest BCUT2D eigenvalue weighted by Crippen LogP contribution is -3.09. The molecule has 0 bridgehead atoms. The molecule has 1 saturated carbocycles. The molecular weight excluding hydrogens is 356 g/mol. The number of nitrogens with zero attached hydrogens (tertiary/aromatic N) is 3. The number of hydrogen-bond acceptors (Lipinski definition) is 3. The first-order valence-electron chi connectivity index (χ1n) is 10.4. The molecule has 1 N–H and O–H groups in total. The van der Waals surface area contributed by atoms with Crippen LogP contribution in [-0.4, -0.2) is 27.4 Å². The van der Waals surface area contributed by atoms with E-state index in [1.807, 2.05) is 16.3 Å². The van der Waals surface area contributed by atoms with Gasteiger partial charge in [0.25, 0.3) is 0 Å². The summed E-state index contributed by atoms with van der Waals surface area (Å²) < 4.78 is 10.7. The monoisotopic (exact) mass is 387 g/mol. The second-order valence-corrected chi connectivity index (χ2v) is 8.43. The number of ether oxygens (including phenoxy) is 1. The van der Waals surface area contributed by atoms with Gasteiger partial charge in [-0.1, -0.05) is 31.4 Å². The maximum atomic E-state index is 6.00. The molecule has 2 aliphatic rings. The van der Waals surface area contributed by atoms with Crippen molar-refractivity contribution in [2.24, 2.45) is 7.05 Å². The molecule has 2 aromatic rings. The highest BCUT2D eigenvalue weighted by Gasteiger charge is 2.18. The van der Waals surface area contributed by atoms with Gasteiger partial charge in [0.05, 0.1) is 13.1 Å². The molecule has 0 radical (unpaired) electrons. The highest BCUT2D eigenvalue weighted by atomic mass is 32.1. The fourth-order valence-electron chi connectivity index (χ4n) is 4.43. The summed E-state index contributed by atoms with van der Waals surface area (Å²) in [6, 6.07) is 8.67. The van der Waals surface area contributed by atoms with Crippen LogP contribution in [0.15, 0.2) is 24.3 Å². The predicted octanol–water partition coefficient (Wildman–Crippen LogP) is 3.21. The number of hydrogen-bond donors (Lipinski definition) is 1. The van der Waals surface area contributed by atoms with Gasteiger partial charge in [-0.2, -0.15) is 4.68 Å². The van der Waals surface area contributed by atoms with Gasteiger partial charge in [0.1, 0.15) is 12.4 Å². The number of rotatable bonds is 6. The van der Waals surface area contributed by atoms with E-state index in [1.54, 1.807) is 4.90 Å². The Morgan fingerprint density at radius 1 is 1.07 bits per heavy atom. The van der Waals surface area contributed by atoms with E-state index in [-0.39, 0.29) is 0 Å². The lowest BCUT2D eigenvalue weighted by atomic mass is 9.84. The van der Waals surface area contributed by atoms with E-state index in [9.17, 15) is 0 Å². The second kappa shape index (κ2) is 8.57. The van der Waals surface area contributed by atoms with E-state index in [1.165, 1.54) is 63.6 Å². The molecule has 0 unspecified atom stereocenters. The van der Waals surface area contributed by atoms with Crippen LogP contribution in [0.5, 0.6) is 5.75 Å². The molecule has 1 saturated heterocycles. The first kappa shape index (κ1) is 18.7. The molecule has 6 heteroatoms. The maximum absolute atomic E-state index is 6.00. The quantitative estimate of drug-likeness (QED) is 0.773. The van der Waals surface area contributed by atoms with Crippen molar-refractivity contribution in [2.75, 3.05) is 13.1 Å². The molecular formula is C21H31N4OS+. The number of quaternary nitrogens is 1. The Hall–Kier alpha value is -1.66. The van der Waals surface area contributed by atoms with Gasteiger partial charge in [-0.3, -0.25) is 0 Å². The topological polar surface area (TPSA) is 36.4 Å². The van der Waals surface area contributed by atoms with E-state index >= 15 is 0 Å². The smallest absolute Gasteiger partial charge is 0.202 e. The maximum Gasteiger partial charge on any atom is 0.202 e. The van der Waals surface area contributed by atoms with Gasteiger partial charge in [0.2, 0.25) is 4.77 Å². The van der Waals surface area contributed by atoms with Gasteiger partial charge >= 0.3 is 0 Å². The van der Waals surface area contributed by atoms with Crippen LogP contribution in [0.4, 0.5) is 0 Å². The summed E-state index contributed by atoms with van der Waals surface area (Å²) >= 11 is 5.56. The zero-order valence-corrected chi connectivity index (χ0v) is 17.1. The summed E-state index contributed by atoms with van der Waals surface area (Å²) in [4.78, 5) is 1.56. The molecule has 2 heterocycles. The summed E-state index contributed by atoms with van der Waals surface area (Å²) in [5, 5.41) is 4.71. The van der Waals surface area contributed by atoms with E-state index in [4.69, 9.17) is 22.1 Å². The van der Waals surface area contributed by atoms with Gasteiger partial charge in [-0.25, -0.2) is 0 Å². The normalized spacial score (nSPS) is 18.9. The van der Waals surface area contributed by atoms with E-state index in [0.29, 0.717) is 6.61 Å². The van der Waals surface area contributed by atoms with Crippen molar-refractivity contribution in [1.82, 2.24) is 14.3 Å². The molecule has 0 atom stereocenters. The summed E-state index contributed by atoms with van der Waals surface area (Å²) in [5.41, 5.74) is 1.46. The highest BCUT2D eigenvalue weighted by Crippen LogP contribution is 2.33. The Balaban J connectivity index is 1.37. The number of likely N-dealkylation sites (tertiary alicyclic amines) is 1. The van der Waals surface area contributed by atoms with Crippen molar-refractivity contribution < 1.29 is 9.64 Å². The van der Waals surface area contributed by atoms with Gasteiger partial charge in [0.15, 0.2) is 12.5 Å². The van der Waals surface area contributed by atoms with Crippen LogP contribution in [0.2, 0.25) is 0 Å². The molecule has 2 fully saturated rings. The van der Waals surface area contributed by atoms with E-state index < -0.39 is 0 Å². The fourth-order valence-corrected chi connectivity index (χ4v) is 4.64. The van der Waals surface area contributed by atoms with Crippen molar-refractivity contribution in [1.29, 1.82) is 0 Å². The summed E-state index contributed by atoms with van der Waals surface area (Å²) in [5.74, 6) is 2.52. The second-order valence-electron chi connectivity index (χ2n) is 8.07. The summed E-state index contributed by atoms with van der Waals surface area (Å²) in [6.07, 6.45) is 9.40. The van der Waals surface area contributed by atoms with Crippen LogP contribution in [0.3, 0.4) is 0 Å². The number of aromatic nitrogens is 3. The third kappa shape index (κ3) is 4.43. The molecule has 5 nitrogen and oxygen atoms in total. The Morgan fingerprint density at radius 3 is 2.48 bits per heavy atom. The number of nitrogens with one attached hydrogen (secondary N) is 1. The Kier molecular flexibility index (Phi) is 5.93. The van der Waals surface area contributed by atoms with Crippen molar-refractivity contribution >= 4 is 12.2 Å². The minimum atomic E-state index is 0.450. The molecule has 1 aromatic carbocycles. The van der Waals surface area contributed by atoms with Gasteiger partial charge in [-0.05, 0) is 48.7 Å². The first-order chi connectivity index (χ1) is 13.2. The van der Waals surface area contributed by atoms with Crippen LogP contribution < -0.4 is 9.64 Å². The first-order valence-corrected chi connectivity index (χ1v) is 10.8. The molecule has 0 amide bonds. The molecule has 0 spiro atoms. The van der Waals surface area contributed by atoms with Crippen LogP contribution in [0.25, 0.3) is 0 Å². The fraction of sp³-hybridized carbons (Fsp3) is 0.619. The van der Waals surface area contributed by atoms with Crippen molar-refractivity contribution in [3.8, 4) is 5.75 Å². The summed E-state index contributed by atoms with van der Waals surface area (Å²) in [7, 11) is 1.98. The van der Waals surface area contributed by atoms with Crippen molar-refractivity contribution in [3.63, 3.8) is 0 Å². The molecule has 1 aromatic heterocycles. The van der Waals surface area contributed by atoms with Crippen LogP contribution in [-0.2, 0) is 20.3 Å². The zero-order valence-electron chi connectivity index (χ0n) is 16.3. The Labute approximate surface area is 166 Å². The largest absolute Gasteiger partial charge is 0.486 e. The van der Waals surface area contributed by atoms with Crippen LogP contribution in [0, 0.1) is 4.77 Å². The average molecular weight is 388 g/mol. The predicted molar refractivity (Wildman–Crippen MR) is 109 cm³/mol. The van der Waals surface area contributed by atoms with E-state index in [0.717, 1.165) is 28.9 Å².